The van der Waals surface area contributed by atoms with Gasteiger partial charge in [0.1, 0.15) is 0 Å². The van der Waals surface area contributed by atoms with E-state index in [1.54, 1.807) is 17.0 Å². The fourth-order valence-electron chi connectivity index (χ4n) is 4.66. The van der Waals surface area contributed by atoms with Crippen LogP contribution in [0.4, 0.5) is 0 Å². The topological polar surface area (TPSA) is 69.6 Å². The van der Waals surface area contributed by atoms with Crippen LogP contribution in [-0.2, 0) is 12.8 Å². The number of carbonyl (C=O) groups excluding carboxylic acids is 2. The van der Waals surface area contributed by atoms with E-state index in [0.29, 0.717) is 42.5 Å². The van der Waals surface area contributed by atoms with E-state index in [1.807, 2.05) is 17.0 Å². The summed E-state index contributed by atoms with van der Waals surface area (Å²) in [5.41, 5.74) is 4.34. The number of nitrogens with zero attached hydrogens (tertiary/aromatic N) is 2. The van der Waals surface area contributed by atoms with Crippen LogP contribution in [0.3, 0.4) is 0 Å². The van der Waals surface area contributed by atoms with E-state index in [0.717, 1.165) is 23.9 Å². The lowest BCUT2D eigenvalue weighted by Crippen LogP contribution is -2.50. The first-order valence-corrected chi connectivity index (χ1v) is 11.3. The summed E-state index contributed by atoms with van der Waals surface area (Å²) in [6.07, 6.45) is 3.30. The van der Waals surface area contributed by atoms with Gasteiger partial charge in [0, 0.05) is 37.3 Å². The molecule has 0 radical (unpaired) electrons. The molecular formula is C23H24BrN3O3. The summed E-state index contributed by atoms with van der Waals surface area (Å²) in [4.78, 5) is 33.0. The number of H-pyrrole nitrogens is 1. The van der Waals surface area contributed by atoms with Crippen LogP contribution in [0.15, 0.2) is 39.4 Å². The number of carbonyl (C=O) groups is 2. The smallest absolute Gasteiger partial charge is 0.289 e. The van der Waals surface area contributed by atoms with Crippen LogP contribution >= 0.6 is 15.9 Å². The zero-order valence-electron chi connectivity index (χ0n) is 16.9. The molecule has 1 aromatic carbocycles. The Morgan fingerprint density at radius 2 is 1.80 bits per heavy atom. The minimum atomic E-state index is -0.138. The lowest BCUT2D eigenvalue weighted by molar-refractivity contribution is 0.0518. The average Bonchev–Trinajstić information content (AvgIpc) is 3.36. The number of aryl methyl sites for hydroxylation is 1. The van der Waals surface area contributed by atoms with Crippen molar-refractivity contribution in [3.63, 3.8) is 0 Å². The first-order valence-electron chi connectivity index (χ1n) is 10.5. The third-order valence-corrected chi connectivity index (χ3v) is 6.76. The molecule has 5 rings (SSSR count). The zero-order chi connectivity index (χ0) is 20.8. The van der Waals surface area contributed by atoms with Crippen molar-refractivity contribution in [2.24, 2.45) is 5.92 Å². The van der Waals surface area contributed by atoms with Crippen LogP contribution in [0.1, 0.15) is 45.5 Å². The van der Waals surface area contributed by atoms with Crippen LogP contribution in [0, 0.1) is 5.92 Å². The molecular weight excluding hydrogens is 446 g/mol. The van der Waals surface area contributed by atoms with Gasteiger partial charge in [0.2, 0.25) is 0 Å². The van der Waals surface area contributed by atoms with Gasteiger partial charge in [-0.25, -0.2) is 0 Å². The zero-order valence-corrected chi connectivity index (χ0v) is 18.5. The normalized spacial score (nSPS) is 19.2. The molecule has 2 aromatic heterocycles. The molecule has 1 atom stereocenters. The van der Waals surface area contributed by atoms with Crippen LogP contribution in [0.5, 0.6) is 0 Å². The second-order valence-corrected chi connectivity index (χ2v) is 9.13. The van der Waals surface area contributed by atoms with Crippen molar-refractivity contribution in [3.05, 3.63) is 57.6 Å². The first kappa shape index (κ1) is 19.4. The van der Waals surface area contributed by atoms with Crippen LogP contribution < -0.4 is 0 Å². The molecule has 3 heterocycles. The summed E-state index contributed by atoms with van der Waals surface area (Å²) in [5.74, 6) is 0.884. The molecule has 156 valence electrons. The number of hydrogen-bond acceptors (Lipinski definition) is 3. The summed E-state index contributed by atoms with van der Waals surface area (Å²) in [6.45, 7) is 4.31. The Morgan fingerprint density at radius 1 is 1.07 bits per heavy atom. The van der Waals surface area contributed by atoms with Gasteiger partial charge in [0.15, 0.2) is 10.4 Å². The summed E-state index contributed by atoms with van der Waals surface area (Å²) < 4.78 is 5.92. The molecule has 0 spiro atoms. The highest BCUT2D eigenvalue weighted by atomic mass is 79.9. The molecule has 1 aliphatic carbocycles. The minimum Gasteiger partial charge on any atom is -0.444 e. The minimum absolute atomic E-state index is 0.0279. The number of halogens is 1. The fraction of sp³-hybridized carbons (Fsp3) is 0.391. The molecule has 1 saturated heterocycles. The van der Waals surface area contributed by atoms with Gasteiger partial charge in [0.05, 0.1) is 11.1 Å². The average molecular weight is 470 g/mol. The predicted molar refractivity (Wildman–Crippen MR) is 118 cm³/mol. The summed E-state index contributed by atoms with van der Waals surface area (Å²) in [7, 11) is 0. The second-order valence-electron chi connectivity index (χ2n) is 8.35. The number of para-hydroxylation sites is 1. The number of nitrogens with one attached hydrogen (secondary N) is 1. The van der Waals surface area contributed by atoms with E-state index in [9.17, 15) is 9.59 Å². The summed E-state index contributed by atoms with van der Waals surface area (Å²) >= 11 is 3.23. The van der Waals surface area contributed by atoms with E-state index in [2.05, 4.69) is 33.9 Å². The van der Waals surface area contributed by atoms with Gasteiger partial charge in [-0.3, -0.25) is 9.59 Å². The van der Waals surface area contributed by atoms with E-state index in [4.69, 9.17) is 4.42 Å². The molecule has 1 N–H and O–H groups in total. The summed E-state index contributed by atoms with van der Waals surface area (Å²) in [5, 5.41) is 1.18. The van der Waals surface area contributed by atoms with Crippen LogP contribution in [0.2, 0.25) is 0 Å². The van der Waals surface area contributed by atoms with Crippen molar-refractivity contribution in [2.45, 2.75) is 26.2 Å². The van der Waals surface area contributed by atoms with E-state index < -0.39 is 0 Å². The maximum Gasteiger partial charge on any atom is 0.289 e. The number of furan rings is 1. The quantitative estimate of drug-likeness (QED) is 0.609. The van der Waals surface area contributed by atoms with E-state index >= 15 is 0 Å². The van der Waals surface area contributed by atoms with Crippen LogP contribution in [-0.4, -0.2) is 52.8 Å². The largest absolute Gasteiger partial charge is 0.444 e. The van der Waals surface area contributed by atoms with Crippen molar-refractivity contribution in [1.29, 1.82) is 0 Å². The van der Waals surface area contributed by atoms with Gasteiger partial charge in [-0.15, -0.1) is 0 Å². The number of aromatic nitrogens is 1. The van der Waals surface area contributed by atoms with Crippen LogP contribution in [0.25, 0.3) is 10.9 Å². The third-order valence-electron chi connectivity index (χ3n) is 6.34. The predicted octanol–water partition coefficient (Wildman–Crippen LogP) is 4.25. The fourth-order valence-corrected chi connectivity index (χ4v) is 4.97. The van der Waals surface area contributed by atoms with Crippen molar-refractivity contribution in [1.82, 2.24) is 14.8 Å². The number of piperazine rings is 1. The number of fused-ring (bicyclic) bond motifs is 3. The number of benzene rings is 1. The highest BCUT2D eigenvalue weighted by Gasteiger charge is 2.29. The first-order chi connectivity index (χ1) is 14.5. The molecule has 6 nitrogen and oxygen atoms in total. The molecule has 2 amide bonds. The molecule has 1 aliphatic heterocycles. The number of amides is 2. The van der Waals surface area contributed by atoms with Crippen molar-refractivity contribution >= 4 is 38.6 Å². The number of rotatable bonds is 2. The van der Waals surface area contributed by atoms with Gasteiger partial charge in [-0.05, 0) is 64.9 Å². The standard InChI is InChI=1S/C23H24BrN3O3/c1-14-5-6-18-17(13-14)15-3-2-4-16(21(15)25-18)22(28)26-9-11-27(12-10-26)23(29)19-7-8-20(24)30-19/h2-4,7-8,14,25H,5-6,9-13H2,1H3. The van der Waals surface area contributed by atoms with Crippen molar-refractivity contribution in [2.75, 3.05) is 26.2 Å². The number of aromatic amines is 1. The Labute approximate surface area is 183 Å². The lowest BCUT2D eigenvalue weighted by atomic mass is 9.87. The lowest BCUT2D eigenvalue weighted by Gasteiger charge is -2.34. The Hall–Kier alpha value is -2.54. The summed E-state index contributed by atoms with van der Waals surface area (Å²) in [6, 6.07) is 9.39. The molecule has 7 heteroatoms. The number of hydrogen-bond donors (Lipinski definition) is 1. The monoisotopic (exact) mass is 469 g/mol. The maximum atomic E-state index is 13.3. The Bertz CT molecular complexity index is 1120. The third kappa shape index (κ3) is 3.35. The molecule has 2 aliphatic rings. The molecule has 1 fully saturated rings. The van der Waals surface area contributed by atoms with Crippen molar-refractivity contribution in [3.8, 4) is 0 Å². The Morgan fingerprint density at radius 3 is 2.50 bits per heavy atom. The van der Waals surface area contributed by atoms with Gasteiger partial charge < -0.3 is 19.2 Å². The molecule has 3 aromatic rings. The highest BCUT2D eigenvalue weighted by Crippen LogP contribution is 2.33. The molecule has 30 heavy (non-hydrogen) atoms. The van der Waals surface area contributed by atoms with Gasteiger partial charge in [-0.2, -0.15) is 0 Å². The van der Waals surface area contributed by atoms with Gasteiger partial charge in [0.25, 0.3) is 11.8 Å². The second kappa shape index (κ2) is 7.61. The van der Waals surface area contributed by atoms with Crippen molar-refractivity contribution < 1.29 is 14.0 Å². The Balaban J connectivity index is 1.34. The van der Waals surface area contributed by atoms with E-state index in [1.165, 1.54) is 23.1 Å². The van der Waals surface area contributed by atoms with Gasteiger partial charge >= 0.3 is 0 Å². The molecule has 1 unspecified atom stereocenters. The SMILES string of the molecule is CC1CCc2[nH]c3c(C(=O)N4CCN(C(=O)c5ccc(Br)o5)CC4)cccc3c2C1. The van der Waals surface area contributed by atoms with Gasteiger partial charge in [-0.1, -0.05) is 19.1 Å². The maximum absolute atomic E-state index is 13.3. The highest BCUT2D eigenvalue weighted by molar-refractivity contribution is 9.10. The Kier molecular flexibility index (Phi) is 4.93. The molecule has 0 saturated carbocycles. The van der Waals surface area contributed by atoms with E-state index in [-0.39, 0.29) is 11.8 Å². The molecule has 0 bridgehead atoms.